The molecule has 0 spiro atoms. The van der Waals surface area contributed by atoms with Gasteiger partial charge in [0.15, 0.2) is 5.78 Å². The van der Waals surface area contributed by atoms with Gasteiger partial charge in [0.2, 0.25) is 0 Å². The van der Waals surface area contributed by atoms with E-state index in [4.69, 9.17) is 4.74 Å². The van der Waals surface area contributed by atoms with Crippen LogP contribution in [0.5, 0.6) is 0 Å². The van der Waals surface area contributed by atoms with Gasteiger partial charge in [-0.05, 0) is 17.7 Å². The summed E-state index contributed by atoms with van der Waals surface area (Å²) >= 11 is 0. The first kappa shape index (κ1) is 13.3. The second-order valence-corrected chi connectivity index (χ2v) is 4.74. The van der Waals surface area contributed by atoms with Gasteiger partial charge in [-0.15, -0.1) is 0 Å². The van der Waals surface area contributed by atoms with E-state index in [-0.39, 0.29) is 12.4 Å². The summed E-state index contributed by atoms with van der Waals surface area (Å²) in [4.78, 5) is 29.6. The number of hydrogen-bond donors (Lipinski definition) is 0. The van der Waals surface area contributed by atoms with E-state index < -0.39 is 6.09 Å². The number of fused-ring (bicyclic) bond motifs is 1. The Morgan fingerprint density at radius 3 is 2.81 bits per heavy atom. The van der Waals surface area contributed by atoms with Crippen molar-refractivity contribution in [3.8, 4) is 0 Å². The van der Waals surface area contributed by atoms with Crippen LogP contribution in [0.3, 0.4) is 0 Å². The SMILES string of the molecule is O=C1CCN(C(=O)OCc2ccccc2)c2ncccc21. The maximum Gasteiger partial charge on any atom is 0.415 e. The molecule has 0 N–H and O–H groups in total. The van der Waals surface area contributed by atoms with Crippen LogP contribution in [0.1, 0.15) is 22.3 Å². The smallest absolute Gasteiger partial charge is 0.415 e. The minimum Gasteiger partial charge on any atom is -0.444 e. The number of amides is 1. The fourth-order valence-electron chi connectivity index (χ4n) is 2.26. The fourth-order valence-corrected chi connectivity index (χ4v) is 2.26. The van der Waals surface area contributed by atoms with Crippen molar-refractivity contribution in [3.63, 3.8) is 0 Å². The van der Waals surface area contributed by atoms with Gasteiger partial charge in [0.1, 0.15) is 12.4 Å². The summed E-state index contributed by atoms with van der Waals surface area (Å²) in [6.07, 6.45) is 1.37. The van der Waals surface area contributed by atoms with Crippen molar-refractivity contribution in [1.29, 1.82) is 0 Å². The summed E-state index contributed by atoms with van der Waals surface area (Å²) in [5.74, 6) is 0.386. The predicted octanol–water partition coefficient (Wildman–Crippen LogP) is 2.81. The second kappa shape index (κ2) is 5.75. The monoisotopic (exact) mass is 282 g/mol. The van der Waals surface area contributed by atoms with Crippen LogP contribution in [0.15, 0.2) is 48.7 Å². The Morgan fingerprint density at radius 1 is 1.19 bits per heavy atom. The van der Waals surface area contributed by atoms with E-state index in [0.29, 0.717) is 24.3 Å². The number of rotatable bonds is 2. The van der Waals surface area contributed by atoms with Crippen molar-refractivity contribution in [2.24, 2.45) is 0 Å². The molecule has 0 unspecified atom stereocenters. The van der Waals surface area contributed by atoms with Gasteiger partial charge in [-0.3, -0.25) is 9.69 Å². The lowest BCUT2D eigenvalue weighted by Crippen LogP contribution is -2.38. The number of aromatic nitrogens is 1. The van der Waals surface area contributed by atoms with Gasteiger partial charge in [0.05, 0.1) is 5.56 Å². The standard InChI is InChI=1S/C16H14N2O3/c19-14-8-10-18(15-13(14)7-4-9-17-15)16(20)21-11-12-5-2-1-3-6-12/h1-7,9H,8,10-11H2. The zero-order valence-electron chi connectivity index (χ0n) is 11.4. The number of benzene rings is 1. The minimum atomic E-state index is -0.480. The van der Waals surface area contributed by atoms with Crippen molar-refractivity contribution >= 4 is 17.7 Å². The van der Waals surface area contributed by atoms with Gasteiger partial charge in [0.25, 0.3) is 0 Å². The minimum absolute atomic E-state index is 0.00482. The number of carbonyl (C=O) groups is 2. The molecule has 1 aliphatic heterocycles. The number of carbonyl (C=O) groups excluding carboxylic acids is 2. The van der Waals surface area contributed by atoms with E-state index in [0.717, 1.165) is 5.56 Å². The zero-order valence-corrected chi connectivity index (χ0v) is 11.4. The average Bonchev–Trinajstić information content (AvgIpc) is 2.54. The van der Waals surface area contributed by atoms with E-state index in [1.54, 1.807) is 18.3 Å². The van der Waals surface area contributed by atoms with Crippen LogP contribution >= 0.6 is 0 Å². The van der Waals surface area contributed by atoms with Gasteiger partial charge < -0.3 is 4.74 Å². The van der Waals surface area contributed by atoms with Crippen LogP contribution in [0.4, 0.5) is 10.6 Å². The Kier molecular flexibility index (Phi) is 3.64. The molecule has 1 amide bonds. The molecule has 0 saturated carbocycles. The van der Waals surface area contributed by atoms with Crippen LogP contribution in [0.2, 0.25) is 0 Å². The molecule has 2 heterocycles. The Morgan fingerprint density at radius 2 is 2.00 bits per heavy atom. The third kappa shape index (κ3) is 2.76. The van der Waals surface area contributed by atoms with E-state index >= 15 is 0 Å². The van der Waals surface area contributed by atoms with Crippen LogP contribution in [0, 0.1) is 0 Å². The molecule has 0 aliphatic carbocycles. The van der Waals surface area contributed by atoms with Crippen molar-refractivity contribution in [2.45, 2.75) is 13.0 Å². The number of pyridine rings is 1. The molecule has 106 valence electrons. The molecule has 0 atom stereocenters. The third-order valence-corrected chi connectivity index (χ3v) is 3.33. The van der Waals surface area contributed by atoms with E-state index in [9.17, 15) is 9.59 Å². The first-order valence-electron chi connectivity index (χ1n) is 6.72. The number of nitrogens with zero attached hydrogens (tertiary/aromatic N) is 2. The molecule has 3 rings (SSSR count). The maximum atomic E-state index is 12.2. The van der Waals surface area contributed by atoms with Gasteiger partial charge in [-0.25, -0.2) is 9.78 Å². The van der Waals surface area contributed by atoms with Gasteiger partial charge >= 0.3 is 6.09 Å². The van der Waals surface area contributed by atoms with Crippen molar-refractivity contribution in [1.82, 2.24) is 4.98 Å². The summed E-state index contributed by atoms with van der Waals surface area (Å²) in [5.41, 5.74) is 1.39. The van der Waals surface area contributed by atoms with Crippen LogP contribution < -0.4 is 4.90 Å². The summed E-state index contributed by atoms with van der Waals surface area (Å²) < 4.78 is 5.30. The Bertz CT molecular complexity index is 670. The lowest BCUT2D eigenvalue weighted by atomic mass is 10.1. The van der Waals surface area contributed by atoms with E-state index in [1.165, 1.54) is 4.90 Å². The lowest BCUT2D eigenvalue weighted by molar-refractivity contribution is 0.0977. The fraction of sp³-hybridized carbons (Fsp3) is 0.188. The summed E-state index contributed by atoms with van der Waals surface area (Å²) in [7, 11) is 0. The zero-order chi connectivity index (χ0) is 14.7. The molecule has 0 radical (unpaired) electrons. The molecule has 5 nitrogen and oxygen atoms in total. The molecule has 1 aromatic heterocycles. The van der Waals surface area contributed by atoms with Gasteiger partial charge in [-0.1, -0.05) is 30.3 Å². The van der Waals surface area contributed by atoms with Crippen molar-refractivity contribution in [3.05, 3.63) is 59.8 Å². The lowest BCUT2D eigenvalue weighted by Gasteiger charge is -2.26. The van der Waals surface area contributed by atoms with E-state index in [2.05, 4.69) is 4.98 Å². The van der Waals surface area contributed by atoms with Gasteiger partial charge in [0, 0.05) is 19.2 Å². The number of hydrogen-bond acceptors (Lipinski definition) is 4. The molecule has 0 saturated heterocycles. The Hall–Kier alpha value is -2.69. The highest BCUT2D eigenvalue weighted by atomic mass is 16.6. The third-order valence-electron chi connectivity index (χ3n) is 3.33. The Balaban J connectivity index is 1.74. The second-order valence-electron chi connectivity index (χ2n) is 4.74. The quantitative estimate of drug-likeness (QED) is 0.849. The highest BCUT2D eigenvalue weighted by Crippen LogP contribution is 2.24. The maximum absolute atomic E-state index is 12.2. The van der Waals surface area contributed by atoms with Crippen LogP contribution in [-0.2, 0) is 11.3 Å². The van der Waals surface area contributed by atoms with Gasteiger partial charge in [-0.2, -0.15) is 0 Å². The van der Waals surface area contributed by atoms with Crippen LogP contribution in [-0.4, -0.2) is 23.4 Å². The first-order chi connectivity index (χ1) is 10.3. The first-order valence-corrected chi connectivity index (χ1v) is 6.72. The van der Waals surface area contributed by atoms with Crippen LogP contribution in [0.25, 0.3) is 0 Å². The Labute approximate surface area is 122 Å². The molecular formula is C16H14N2O3. The highest BCUT2D eigenvalue weighted by Gasteiger charge is 2.29. The number of Topliss-reactive ketones (excluding diaryl/α,β-unsaturated/α-hetero) is 1. The molecule has 0 fully saturated rings. The molecule has 0 bridgehead atoms. The molecule has 21 heavy (non-hydrogen) atoms. The normalized spacial score (nSPS) is 13.7. The summed E-state index contributed by atoms with van der Waals surface area (Å²) in [6, 6.07) is 12.8. The average molecular weight is 282 g/mol. The van der Waals surface area contributed by atoms with E-state index in [1.807, 2.05) is 30.3 Å². The summed E-state index contributed by atoms with van der Waals surface area (Å²) in [5, 5.41) is 0. The predicted molar refractivity (Wildman–Crippen MR) is 77.2 cm³/mol. The number of ether oxygens (including phenoxy) is 1. The van der Waals surface area contributed by atoms with Crippen molar-refractivity contribution < 1.29 is 14.3 Å². The topological polar surface area (TPSA) is 59.5 Å². The largest absolute Gasteiger partial charge is 0.444 e. The van der Waals surface area contributed by atoms with Crippen molar-refractivity contribution in [2.75, 3.05) is 11.4 Å². The molecule has 1 aliphatic rings. The molecule has 2 aromatic rings. The molecule has 5 heteroatoms. The molecule has 1 aromatic carbocycles. The number of anilines is 1. The molecular weight excluding hydrogens is 268 g/mol. The highest BCUT2D eigenvalue weighted by molar-refractivity contribution is 6.06. The summed E-state index contributed by atoms with van der Waals surface area (Å²) in [6.45, 7) is 0.503. The number of ketones is 1.